The van der Waals surface area contributed by atoms with E-state index in [0.29, 0.717) is 53.4 Å². The Labute approximate surface area is 200 Å². The number of pyridine rings is 1. The number of nitrogen functional groups attached to an aromatic ring is 1. The molecular weight excluding hydrogens is 446 g/mol. The molecule has 5 heterocycles. The zero-order valence-electron chi connectivity index (χ0n) is 18.6. The highest BCUT2D eigenvalue weighted by Crippen LogP contribution is 2.58. The van der Waals surface area contributed by atoms with Gasteiger partial charge in [-0.15, -0.1) is 0 Å². The molecule has 2 aliphatic heterocycles. The van der Waals surface area contributed by atoms with Crippen LogP contribution in [-0.2, 0) is 10.2 Å². The van der Waals surface area contributed by atoms with Gasteiger partial charge in [0.05, 0.1) is 35.9 Å². The standard InChI is InChI=1S/C25H21N7O3/c26-10-15-5-6-28-18(9-15)30-22(34)17-3-1-16(2-4-17)19-20-21(27)29-7-8-32(20)23(31-19)24-11-25(12-24,13-33)35-14-24/h1-9,33H,11-14H2,(H2,27,29)(H,28,30,34). The number of nitrogens with zero attached hydrogens (tertiary/aromatic N) is 5. The summed E-state index contributed by atoms with van der Waals surface area (Å²) < 4.78 is 7.86. The van der Waals surface area contributed by atoms with Crippen molar-refractivity contribution in [2.75, 3.05) is 24.3 Å². The average molecular weight is 467 g/mol. The number of hydrogen-bond donors (Lipinski definition) is 3. The maximum absolute atomic E-state index is 12.7. The van der Waals surface area contributed by atoms with E-state index in [1.165, 1.54) is 12.3 Å². The summed E-state index contributed by atoms with van der Waals surface area (Å²) in [6.45, 7) is 0.489. The number of anilines is 2. The second kappa shape index (κ2) is 7.59. The normalized spacial score (nSPS) is 22.5. The quantitative estimate of drug-likeness (QED) is 0.404. The lowest BCUT2D eigenvalue weighted by Crippen LogP contribution is -2.50. The SMILES string of the molecule is N#Cc1ccnc(NC(=O)c2ccc(-c3nc(C45COC(CO)(C4)C5)n4ccnc(N)c34)cc2)c1. The van der Waals surface area contributed by atoms with Crippen molar-refractivity contribution in [3.8, 4) is 17.3 Å². The monoisotopic (exact) mass is 467 g/mol. The molecule has 1 amide bonds. The highest BCUT2D eigenvalue weighted by molar-refractivity contribution is 6.04. The fourth-order valence-electron chi connectivity index (χ4n) is 5.23. The number of ether oxygens (including phenoxy) is 1. The van der Waals surface area contributed by atoms with E-state index in [-0.39, 0.29) is 17.9 Å². The Morgan fingerprint density at radius 2 is 2.03 bits per heavy atom. The van der Waals surface area contributed by atoms with Crippen molar-refractivity contribution >= 4 is 23.1 Å². The first-order chi connectivity index (χ1) is 17.0. The molecule has 174 valence electrons. The van der Waals surface area contributed by atoms with Crippen LogP contribution in [0.3, 0.4) is 0 Å². The highest BCUT2D eigenvalue weighted by atomic mass is 16.5. The number of nitrogens with one attached hydrogen (secondary N) is 1. The Kier molecular flexibility index (Phi) is 4.60. The second-order valence-corrected chi connectivity index (χ2v) is 9.15. The van der Waals surface area contributed by atoms with Crippen LogP contribution in [0.4, 0.5) is 11.6 Å². The Bertz CT molecular complexity index is 1510. The van der Waals surface area contributed by atoms with E-state index in [4.69, 9.17) is 20.7 Å². The molecule has 10 nitrogen and oxygen atoms in total. The van der Waals surface area contributed by atoms with Crippen molar-refractivity contribution in [3.63, 3.8) is 0 Å². The Morgan fingerprint density at radius 3 is 2.74 bits per heavy atom. The number of rotatable bonds is 5. The minimum atomic E-state index is -0.471. The molecule has 2 bridgehead atoms. The number of aliphatic hydroxyl groups excluding tert-OH is 1. The third kappa shape index (κ3) is 3.24. The lowest BCUT2D eigenvalue weighted by atomic mass is 9.62. The smallest absolute Gasteiger partial charge is 0.256 e. The van der Waals surface area contributed by atoms with Gasteiger partial charge in [0.25, 0.3) is 5.91 Å². The van der Waals surface area contributed by atoms with Crippen molar-refractivity contribution in [2.24, 2.45) is 0 Å². The summed E-state index contributed by atoms with van der Waals surface area (Å²) >= 11 is 0. The number of hydrogen-bond acceptors (Lipinski definition) is 8. The molecule has 0 atom stereocenters. The summed E-state index contributed by atoms with van der Waals surface area (Å²) in [6.07, 6.45) is 6.37. The second-order valence-electron chi connectivity index (χ2n) is 9.15. The van der Waals surface area contributed by atoms with Crippen molar-refractivity contribution in [3.05, 3.63) is 71.9 Å². The van der Waals surface area contributed by atoms with Gasteiger partial charge >= 0.3 is 0 Å². The Hall–Kier alpha value is -4.33. The number of fused-ring (bicyclic) bond motifs is 2. The zero-order valence-corrected chi connectivity index (χ0v) is 18.6. The molecule has 3 fully saturated rings. The number of amides is 1. The van der Waals surface area contributed by atoms with Crippen LogP contribution in [0, 0.1) is 11.3 Å². The van der Waals surface area contributed by atoms with Gasteiger partial charge in [0.15, 0.2) is 0 Å². The molecule has 1 saturated carbocycles. The van der Waals surface area contributed by atoms with Gasteiger partial charge in [-0.2, -0.15) is 5.26 Å². The fourth-order valence-corrected chi connectivity index (χ4v) is 5.23. The van der Waals surface area contributed by atoms with Gasteiger partial charge in [-0.1, -0.05) is 12.1 Å². The van der Waals surface area contributed by atoms with Gasteiger partial charge in [0, 0.05) is 29.7 Å². The number of aliphatic hydroxyl groups is 1. The summed E-state index contributed by atoms with van der Waals surface area (Å²) in [5, 5.41) is 21.5. The molecule has 1 aliphatic carbocycles. The van der Waals surface area contributed by atoms with Gasteiger partial charge in [0.2, 0.25) is 0 Å². The van der Waals surface area contributed by atoms with Crippen LogP contribution in [0.5, 0.6) is 0 Å². The van der Waals surface area contributed by atoms with Crippen LogP contribution in [0.25, 0.3) is 16.8 Å². The first-order valence-electron chi connectivity index (χ1n) is 11.1. The van der Waals surface area contributed by atoms with Crippen molar-refractivity contribution in [1.29, 1.82) is 5.26 Å². The van der Waals surface area contributed by atoms with Gasteiger partial charge in [-0.05, 0) is 37.1 Å². The lowest BCUT2D eigenvalue weighted by molar-refractivity contribution is -0.0486. The average Bonchev–Trinajstić information content (AvgIpc) is 3.55. The summed E-state index contributed by atoms with van der Waals surface area (Å²) in [4.78, 5) is 26.0. The molecule has 4 N–H and O–H groups in total. The first kappa shape index (κ1) is 21.2. The minimum absolute atomic E-state index is 0.00549. The molecule has 3 aromatic heterocycles. The number of benzene rings is 1. The number of nitriles is 1. The van der Waals surface area contributed by atoms with E-state index >= 15 is 0 Å². The zero-order chi connectivity index (χ0) is 24.2. The maximum Gasteiger partial charge on any atom is 0.256 e. The Balaban J connectivity index is 1.33. The van der Waals surface area contributed by atoms with Gasteiger partial charge < -0.3 is 20.9 Å². The molecule has 1 aromatic carbocycles. The molecule has 0 unspecified atom stereocenters. The molecule has 4 aromatic rings. The predicted octanol–water partition coefficient (Wildman–Crippen LogP) is 2.29. The third-order valence-electron chi connectivity index (χ3n) is 6.87. The summed E-state index contributed by atoms with van der Waals surface area (Å²) in [5.74, 6) is 1.16. The van der Waals surface area contributed by atoms with Crippen molar-refractivity contribution in [2.45, 2.75) is 23.9 Å². The summed E-state index contributed by atoms with van der Waals surface area (Å²) in [7, 11) is 0. The van der Waals surface area contributed by atoms with E-state index < -0.39 is 5.60 Å². The third-order valence-corrected chi connectivity index (χ3v) is 6.87. The molecule has 2 saturated heterocycles. The molecule has 35 heavy (non-hydrogen) atoms. The summed E-state index contributed by atoms with van der Waals surface area (Å²) in [5.41, 5.74) is 8.52. The van der Waals surface area contributed by atoms with E-state index in [2.05, 4.69) is 15.3 Å². The fraction of sp³-hybridized carbons (Fsp3) is 0.240. The first-order valence-corrected chi connectivity index (χ1v) is 11.1. The number of carbonyl (C=O) groups is 1. The van der Waals surface area contributed by atoms with Crippen molar-refractivity contribution in [1.82, 2.24) is 19.4 Å². The largest absolute Gasteiger partial charge is 0.393 e. The molecular formula is C25H21N7O3. The van der Waals surface area contributed by atoms with Gasteiger partial charge in [-0.25, -0.2) is 15.0 Å². The number of imidazole rings is 1. The van der Waals surface area contributed by atoms with E-state index in [1.54, 1.807) is 24.4 Å². The Morgan fingerprint density at radius 1 is 1.23 bits per heavy atom. The number of carbonyl (C=O) groups excluding carboxylic acids is 1. The number of nitrogens with two attached hydrogens (primary N) is 1. The van der Waals surface area contributed by atoms with E-state index in [0.717, 1.165) is 11.4 Å². The van der Waals surface area contributed by atoms with Crippen LogP contribution >= 0.6 is 0 Å². The highest BCUT2D eigenvalue weighted by Gasteiger charge is 2.64. The van der Waals surface area contributed by atoms with Crippen LogP contribution in [-0.4, -0.2) is 49.2 Å². The molecule has 7 rings (SSSR count). The van der Waals surface area contributed by atoms with Crippen LogP contribution in [0.2, 0.25) is 0 Å². The maximum atomic E-state index is 12.7. The van der Waals surface area contributed by atoms with Gasteiger partial charge in [0.1, 0.15) is 28.7 Å². The van der Waals surface area contributed by atoms with Gasteiger partial charge in [-0.3, -0.25) is 9.20 Å². The van der Waals surface area contributed by atoms with Crippen LogP contribution in [0.15, 0.2) is 55.0 Å². The minimum Gasteiger partial charge on any atom is -0.393 e. The predicted molar refractivity (Wildman–Crippen MR) is 126 cm³/mol. The van der Waals surface area contributed by atoms with Crippen LogP contribution < -0.4 is 11.1 Å². The lowest BCUT2D eigenvalue weighted by Gasteiger charge is -2.42. The van der Waals surface area contributed by atoms with Crippen molar-refractivity contribution < 1.29 is 14.6 Å². The van der Waals surface area contributed by atoms with E-state index in [1.807, 2.05) is 28.8 Å². The van der Waals surface area contributed by atoms with Crippen LogP contribution in [0.1, 0.15) is 34.6 Å². The molecule has 0 radical (unpaired) electrons. The topological polar surface area (TPSA) is 151 Å². The molecule has 3 aliphatic rings. The number of aromatic nitrogens is 4. The molecule has 10 heteroatoms. The summed E-state index contributed by atoms with van der Waals surface area (Å²) in [6, 6.07) is 12.1. The molecule has 0 spiro atoms. The van der Waals surface area contributed by atoms with E-state index in [9.17, 15) is 9.90 Å².